The van der Waals surface area contributed by atoms with E-state index in [1.807, 2.05) is 0 Å². The second-order valence-corrected chi connectivity index (χ2v) is 6.75. The molecule has 1 heterocycles. The highest BCUT2D eigenvalue weighted by Crippen LogP contribution is 2.46. The molecule has 5 heteroatoms. The molecule has 110 valence electrons. The van der Waals surface area contributed by atoms with Gasteiger partial charge >= 0.3 is 5.97 Å². The van der Waals surface area contributed by atoms with Gasteiger partial charge in [-0.05, 0) is 25.7 Å². The van der Waals surface area contributed by atoms with Crippen molar-refractivity contribution >= 4 is 5.97 Å². The van der Waals surface area contributed by atoms with Gasteiger partial charge in [0.25, 0.3) is 0 Å². The van der Waals surface area contributed by atoms with E-state index in [9.17, 15) is 9.90 Å². The first-order valence-corrected chi connectivity index (χ1v) is 7.61. The molecule has 0 spiro atoms. The molecule has 2 saturated carbocycles. The second-order valence-electron chi connectivity index (χ2n) is 6.75. The zero-order chi connectivity index (χ0) is 14.2. The van der Waals surface area contributed by atoms with Crippen LogP contribution in [0.1, 0.15) is 70.0 Å². The predicted molar refractivity (Wildman–Crippen MR) is 72.4 cm³/mol. The molecule has 2 fully saturated rings. The highest BCUT2D eigenvalue weighted by atomic mass is 16.5. The number of hydrogen-bond donors (Lipinski definition) is 1. The van der Waals surface area contributed by atoms with E-state index in [1.165, 1.54) is 0 Å². The SMILES string of the molecule is CC1(c2noc(CC3(C(=O)O)CCCCCC3)n2)CC1. The van der Waals surface area contributed by atoms with Crippen molar-refractivity contribution in [2.45, 2.75) is 70.1 Å². The Morgan fingerprint density at radius 2 is 1.85 bits per heavy atom. The van der Waals surface area contributed by atoms with Gasteiger partial charge in [-0.3, -0.25) is 4.79 Å². The minimum Gasteiger partial charge on any atom is -0.481 e. The Balaban J connectivity index is 1.79. The first-order chi connectivity index (χ1) is 9.54. The molecule has 2 aliphatic rings. The van der Waals surface area contributed by atoms with Crippen LogP contribution >= 0.6 is 0 Å². The molecular formula is C15H22N2O3. The van der Waals surface area contributed by atoms with Gasteiger partial charge < -0.3 is 9.63 Å². The van der Waals surface area contributed by atoms with Gasteiger partial charge in [-0.2, -0.15) is 4.98 Å². The van der Waals surface area contributed by atoms with Crippen LogP contribution in [0.2, 0.25) is 0 Å². The molecule has 0 saturated heterocycles. The monoisotopic (exact) mass is 278 g/mol. The first-order valence-electron chi connectivity index (χ1n) is 7.61. The fourth-order valence-electron chi connectivity index (χ4n) is 3.14. The van der Waals surface area contributed by atoms with Crippen LogP contribution in [0.4, 0.5) is 0 Å². The molecule has 0 unspecified atom stereocenters. The third kappa shape index (κ3) is 2.45. The Hall–Kier alpha value is -1.39. The molecule has 0 aromatic carbocycles. The van der Waals surface area contributed by atoms with E-state index in [1.54, 1.807) is 0 Å². The highest BCUT2D eigenvalue weighted by Gasteiger charge is 2.45. The summed E-state index contributed by atoms with van der Waals surface area (Å²) in [6, 6.07) is 0. The maximum atomic E-state index is 11.8. The standard InChI is InChI=1S/C15H22N2O3/c1-14(8-9-14)12-16-11(20-17-12)10-15(13(18)19)6-4-2-3-5-7-15/h2-10H2,1H3,(H,18,19). The van der Waals surface area contributed by atoms with Crippen LogP contribution in [0.15, 0.2) is 4.52 Å². The number of hydrogen-bond acceptors (Lipinski definition) is 4. The van der Waals surface area contributed by atoms with Crippen LogP contribution in [0, 0.1) is 5.41 Å². The Kier molecular flexibility index (Phi) is 3.30. The number of rotatable bonds is 4. The largest absolute Gasteiger partial charge is 0.481 e. The molecule has 3 rings (SSSR count). The van der Waals surface area contributed by atoms with Crippen LogP contribution in [0.5, 0.6) is 0 Å². The minimum absolute atomic E-state index is 0.0710. The van der Waals surface area contributed by atoms with Gasteiger partial charge in [0, 0.05) is 11.8 Å². The molecule has 2 aliphatic carbocycles. The Morgan fingerprint density at radius 1 is 1.20 bits per heavy atom. The summed E-state index contributed by atoms with van der Waals surface area (Å²) in [6.07, 6.45) is 8.21. The number of carboxylic acid groups (broad SMARTS) is 1. The van der Waals surface area contributed by atoms with E-state index in [0.717, 1.165) is 57.2 Å². The van der Waals surface area contributed by atoms with Crippen LogP contribution in [-0.2, 0) is 16.6 Å². The van der Waals surface area contributed by atoms with Crippen molar-refractivity contribution in [3.8, 4) is 0 Å². The Bertz CT molecular complexity index is 497. The second kappa shape index (κ2) is 4.86. The van der Waals surface area contributed by atoms with Crippen molar-refractivity contribution in [1.29, 1.82) is 0 Å². The van der Waals surface area contributed by atoms with Crippen LogP contribution in [0.25, 0.3) is 0 Å². The van der Waals surface area contributed by atoms with Crippen LogP contribution < -0.4 is 0 Å². The number of aliphatic carboxylic acids is 1. The fraction of sp³-hybridized carbons (Fsp3) is 0.800. The summed E-state index contributed by atoms with van der Waals surface area (Å²) in [5, 5.41) is 13.7. The van der Waals surface area contributed by atoms with Gasteiger partial charge in [0.15, 0.2) is 5.82 Å². The number of carbonyl (C=O) groups is 1. The predicted octanol–water partition coefficient (Wildman–Crippen LogP) is 3.09. The summed E-state index contributed by atoms with van der Waals surface area (Å²) in [4.78, 5) is 16.2. The summed E-state index contributed by atoms with van der Waals surface area (Å²) < 4.78 is 5.33. The smallest absolute Gasteiger partial charge is 0.310 e. The van der Waals surface area contributed by atoms with E-state index in [0.29, 0.717) is 12.3 Å². The first kappa shape index (κ1) is 13.6. The van der Waals surface area contributed by atoms with E-state index in [2.05, 4.69) is 17.1 Å². The average molecular weight is 278 g/mol. The van der Waals surface area contributed by atoms with Crippen molar-refractivity contribution in [2.24, 2.45) is 5.41 Å². The summed E-state index contributed by atoms with van der Waals surface area (Å²) in [5.41, 5.74) is -0.633. The maximum Gasteiger partial charge on any atom is 0.310 e. The molecular weight excluding hydrogens is 256 g/mol. The lowest BCUT2D eigenvalue weighted by Crippen LogP contribution is -2.33. The fourth-order valence-corrected chi connectivity index (χ4v) is 3.14. The lowest BCUT2D eigenvalue weighted by Gasteiger charge is -2.26. The average Bonchev–Trinajstić information content (AvgIpc) is 3.06. The molecule has 0 bridgehead atoms. The summed E-state index contributed by atoms with van der Waals surface area (Å²) >= 11 is 0. The van der Waals surface area contributed by atoms with Crippen LogP contribution in [0.3, 0.4) is 0 Å². The molecule has 0 amide bonds. The molecule has 0 radical (unpaired) electrons. The third-order valence-electron chi connectivity index (χ3n) is 5.01. The van der Waals surface area contributed by atoms with Crippen molar-refractivity contribution in [3.63, 3.8) is 0 Å². The molecule has 20 heavy (non-hydrogen) atoms. The maximum absolute atomic E-state index is 11.8. The van der Waals surface area contributed by atoms with Gasteiger partial charge in [-0.1, -0.05) is 37.8 Å². The van der Waals surface area contributed by atoms with Gasteiger partial charge in [0.1, 0.15) is 0 Å². The van der Waals surface area contributed by atoms with E-state index in [-0.39, 0.29) is 5.41 Å². The van der Waals surface area contributed by atoms with Gasteiger partial charge in [-0.25, -0.2) is 0 Å². The van der Waals surface area contributed by atoms with Crippen molar-refractivity contribution in [1.82, 2.24) is 10.1 Å². The number of carboxylic acids is 1. The van der Waals surface area contributed by atoms with E-state index >= 15 is 0 Å². The van der Waals surface area contributed by atoms with Gasteiger partial charge in [0.05, 0.1) is 5.41 Å². The molecule has 1 aromatic heterocycles. The van der Waals surface area contributed by atoms with Crippen molar-refractivity contribution < 1.29 is 14.4 Å². The zero-order valence-corrected chi connectivity index (χ0v) is 12.0. The van der Waals surface area contributed by atoms with Gasteiger partial charge in [0.2, 0.25) is 5.89 Å². The molecule has 0 atom stereocenters. The summed E-state index contributed by atoms with van der Waals surface area (Å²) in [6.45, 7) is 2.13. The molecule has 1 N–H and O–H groups in total. The topological polar surface area (TPSA) is 76.2 Å². The number of nitrogens with zero attached hydrogens (tertiary/aromatic N) is 2. The van der Waals surface area contributed by atoms with E-state index in [4.69, 9.17) is 4.52 Å². The van der Waals surface area contributed by atoms with E-state index < -0.39 is 11.4 Å². The lowest BCUT2D eigenvalue weighted by atomic mass is 9.77. The minimum atomic E-state index is -0.711. The number of aromatic nitrogens is 2. The Morgan fingerprint density at radius 3 is 2.40 bits per heavy atom. The van der Waals surface area contributed by atoms with Crippen molar-refractivity contribution in [3.05, 3.63) is 11.7 Å². The van der Waals surface area contributed by atoms with Gasteiger partial charge in [-0.15, -0.1) is 0 Å². The highest BCUT2D eigenvalue weighted by molar-refractivity contribution is 5.74. The third-order valence-corrected chi connectivity index (χ3v) is 5.01. The molecule has 0 aliphatic heterocycles. The summed E-state index contributed by atoms with van der Waals surface area (Å²) in [7, 11) is 0. The Labute approximate surface area is 118 Å². The normalized spacial score (nSPS) is 24.1. The molecule has 5 nitrogen and oxygen atoms in total. The van der Waals surface area contributed by atoms with Crippen LogP contribution in [-0.4, -0.2) is 21.2 Å². The zero-order valence-electron chi connectivity index (χ0n) is 12.0. The lowest BCUT2D eigenvalue weighted by molar-refractivity contribution is -0.150. The molecule has 1 aromatic rings. The van der Waals surface area contributed by atoms with Crippen molar-refractivity contribution in [2.75, 3.05) is 0 Å². The quantitative estimate of drug-likeness (QED) is 0.856. The summed E-state index contributed by atoms with van der Waals surface area (Å²) in [5.74, 6) is 0.538.